The number of aliphatic carboxylic acids is 1. The fourth-order valence-corrected chi connectivity index (χ4v) is 5.65. The third-order valence-electron chi connectivity index (χ3n) is 6.76. The van der Waals surface area contributed by atoms with Gasteiger partial charge in [0.2, 0.25) is 5.60 Å². The SMILES string of the molecule is CC(C)(C)OC(=O)NCCCNC(N)=NCc1cnn(C[C@H]2[C@H](NC(=O)C(=NOC3(C(=O)O)CC3)c3csc(N)n3)C(=O)N2S(=O)(=O)O)n1. The highest BCUT2D eigenvalue weighted by molar-refractivity contribution is 7.84. The fourth-order valence-electron chi connectivity index (χ4n) is 4.23. The Hall–Kier alpha value is -5.10. The maximum absolute atomic E-state index is 13.3. The summed E-state index contributed by atoms with van der Waals surface area (Å²) < 4.78 is 39.0. The first-order valence-corrected chi connectivity index (χ1v) is 16.9. The summed E-state index contributed by atoms with van der Waals surface area (Å²) in [6, 6.07) is -2.89. The first-order chi connectivity index (χ1) is 22.9. The normalized spacial score (nSPS) is 19.1. The van der Waals surface area contributed by atoms with Crippen LogP contribution in [0.5, 0.6) is 0 Å². The van der Waals surface area contributed by atoms with Gasteiger partial charge in [-0.2, -0.15) is 23.4 Å². The van der Waals surface area contributed by atoms with Gasteiger partial charge in [-0.15, -0.1) is 11.3 Å². The minimum atomic E-state index is -5.05. The smallest absolute Gasteiger partial charge is 0.407 e. The van der Waals surface area contributed by atoms with Crippen LogP contribution in [0, 0.1) is 0 Å². The molecule has 1 saturated carbocycles. The van der Waals surface area contributed by atoms with E-state index in [-0.39, 0.29) is 40.5 Å². The summed E-state index contributed by atoms with van der Waals surface area (Å²) in [5, 5.41) is 30.6. The molecule has 1 aliphatic heterocycles. The zero-order valence-electron chi connectivity index (χ0n) is 26.5. The van der Waals surface area contributed by atoms with E-state index in [1.165, 1.54) is 11.6 Å². The molecule has 0 unspecified atom stereocenters. The molecule has 0 bridgehead atoms. The molecular weight excluding hydrogens is 692 g/mol. The average molecular weight is 729 g/mol. The van der Waals surface area contributed by atoms with E-state index in [1.54, 1.807) is 20.8 Å². The number of nitrogens with one attached hydrogen (secondary N) is 3. The largest absolute Gasteiger partial charge is 0.478 e. The summed E-state index contributed by atoms with van der Waals surface area (Å²) in [4.78, 5) is 63.6. The third kappa shape index (κ3) is 9.73. The number of guanidine groups is 1. The Morgan fingerprint density at radius 3 is 2.51 bits per heavy atom. The molecule has 2 aliphatic rings. The third-order valence-corrected chi connectivity index (χ3v) is 8.38. The van der Waals surface area contributed by atoms with Crippen LogP contribution < -0.4 is 27.4 Å². The predicted molar refractivity (Wildman–Crippen MR) is 170 cm³/mol. The Morgan fingerprint density at radius 1 is 1.22 bits per heavy atom. The minimum absolute atomic E-state index is 0.0325. The van der Waals surface area contributed by atoms with Crippen LogP contribution in [-0.4, -0.2) is 114 Å². The fraction of sp³-hybridized carbons (Fsp3) is 0.560. The molecular formula is C25H36N12O10S2. The Balaban J connectivity index is 1.37. The van der Waals surface area contributed by atoms with E-state index in [2.05, 4.69) is 41.3 Å². The first kappa shape index (κ1) is 36.7. The summed E-state index contributed by atoms with van der Waals surface area (Å²) in [7, 11) is -5.05. The van der Waals surface area contributed by atoms with Crippen LogP contribution in [0.15, 0.2) is 21.7 Å². The molecule has 1 saturated heterocycles. The van der Waals surface area contributed by atoms with E-state index in [0.29, 0.717) is 25.2 Å². The predicted octanol–water partition coefficient (Wildman–Crippen LogP) is -1.83. The van der Waals surface area contributed by atoms with Crippen molar-refractivity contribution >= 4 is 62.3 Å². The van der Waals surface area contributed by atoms with Gasteiger partial charge in [0.25, 0.3) is 11.8 Å². The van der Waals surface area contributed by atoms with E-state index in [1.807, 2.05) is 0 Å². The van der Waals surface area contributed by atoms with Gasteiger partial charge in [0.1, 0.15) is 29.1 Å². The van der Waals surface area contributed by atoms with Crippen molar-refractivity contribution in [1.29, 1.82) is 0 Å². The first-order valence-electron chi connectivity index (χ1n) is 14.6. The molecule has 24 heteroatoms. The number of anilines is 1. The number of aromatic nitrogens is 4. The number of oxime groups is 1. The number of amides is 3. The molecule has 3 heterocycles. The average Bonchev–Trinajstić information content (AvgIpc) is 3.45. The van der Waals surface area contributed by atoms with Gasteiger partial charge in [-0.3, -0.25) is 14.1 Å². The van der Waals surface area contributed by atoms with E-state index >= 15 is 0 Å². The zero-order valence-corrected chi connectivity index (χ0v) is 28.2. The zero-order chi connectivity index (χ0) is 36.1. The standard InChI is InChI=1S/C25H36N12O10S2/c1-24(2,3)46-23(42)29-8-4-7-28-21(26)30-9-13-10-31-36(34-13)11-15-17(19(39)37(15)49(43,44)45)33-18(38)16(14-12-48-22(27)32-14)35-47-25(5-6-25)20(40)41/h10,12,15,17H,4-9,11H2,1-3H3,(H2,27,32)(H,29,42)(H,33,38)(H,40,41)(H3,26,28,30)(H,43,44,45)/t15-,17-/m0/s1. The number of nitrogens with zero attached hydrogens (tertiary/aromatic N) is 7. The van der Waals surface area contributed by atoms with Crippen LogP contribution >= 0.6 is 11.3 Å². The van der Waals surface area contributed by atoms with E-state index in [9.17, 15) is 37.3 Å². The van der Waals surface area contributed by atoms with Gasteiger partial charge in [-0.25, -0.2) is 23.9 Å². The van der Waals surface area contributed by atoms with Crippen LogP contribution in [0.1, 0.15) is 51.4 Å². The Labute approximate surface area is 283 Å². The maximum Gasteiger partial charge on any atom is 0.407 e. The number of ether oxygens (including phenoxy) is 1. The number of aliphatic imine (C=N–C) groups is 1. The summed E-state index contributed by atoms with van der Waals surface area (Å²) in [5.41, 5.74) is 9.04. The molecule has 2 aromatic rings. The van der Waals surface area contributed by atoms with Crippen LogP contribution in [0.25, 0.3) is 0 Å². The Kier molecular flexibility index (Phi) is 10.9. The highest BCUT2D eigenvalue weighted by Crippen LogP contribution is 2.40. The second kappa shape index (κ2) is 14.6. The van der Waals surface area contributed by atoms with E-state index in [0.717, 1.165) is 16.1 Å². The lowest BCUT2D eigenvalue weighted by Crippen LogP contribution is -2.73. The molecule has 2 atom stereocenters. The minimum Gasteiger partial charge on any atom is -0.478 e. The van der Waals surface area contributed by atoms with Crippen molar-refractivity contribution in [3.05, 3.63) is 23.0 Å². The lowest BCUT2D eigenvalue weighted by Gasteiger charge is -2.43. The monoisotopic (exact) mass is 728 g/mol. The van der Waals surface area contributed by atoms with E-state index < -0.39 is 69.7 Å². The number of alkyl carbamates (subject to hydrolysis) is 1. The van der Waals surface area contributed by atoms with Gasteiger partial charge in [-0.1, -0.05) is 5.16 Å². The molecule has 2 aromatic heterocycles. The number of carbonyl (C=O) groups is 4. The number of nitrogen functional groups attached to an aromatic ring is 1. The van der Waals surface area contributed by atoms with Gasteiger partial charge in [0.05, 0.1) is 19.3 Å². The van der Waals surface area contributed by atoms with Gasteiger partial charge in [0, 0.05) is 31.3 Å². The summed E-state index contributed by atoms with van der Waals surface area (Å²) >= 11 is 0.954. The van der Waals surface area contributed by atoms with Crippen LogP contribution in [0.2, 0.25) is 0 Å². The van der Waals surface area contributed by atoms with Gasteiger partial charge >= 0.3 is 22.4 Å². The highest BCUT2D eigenvalue weighted by Gasteiger charge is 2.56. The number of rotatable bonds is 15. The highest BCUT2D eigenvalue weighted by atomic mass is 32.2. The number of hydrogen-bond donors (Lipinski definition) is 7. The molecule has 0 spiro atoms. The molecule has 0 aromatic carbocycles. The quantitative estimate of drug-likeness (QED) is 0.0265. The topological polar surface area (TPSA) is 321 Å². The van der Waals surface area contributed by atoms with Gasteiger partial charge < -0.3 is 42.1 Å². The van der Waals surface area contributed by atoms with Crippen molar-refractivity contribution in [3.8, 4) is 0 Å². The molecule has 1 aliphatic carbocycles. The molecule has 49 heavy (non-hydrogen) atoms. The second-order valence-corrected chi connectivity index (χ2v) is 14.0. The number of nitrogens with two attached hydrogens (primary N) is 2. The number of thiazole rings is 1. The summed E-state index contributed by atoms with van der Waals surface area (Å²) in [5.74, 6) is -3.43. The maximum atomic E-state index is 13.3. The number of hydrogen-bond acceptors (Lipinski definition) is 15. The van der Waals surface area contributed by atoms with Crippen molar-refractivity contribution in [2.45, 2.75) is 76.4 Å². The van der Waals surface area contributed by atoms with Crippen LogP contribution in [0.3, 0.4) is 0 Å². The number of carbonyl (C=O) groups excluding carboxylic acids is 3. The van der Waals surface area contributed by atoms with Crippen LogP contribution in [-0.2, 0) is 47.4 Å². The van der Waals surface area contributed by atoms with Crippen molar-refractivity contribution < 1.29 is 46.8 Å². The lowest BCUT2D eigenvalue weighted by molar-refractivity contribution is -0.153. The van der Waals surface area contributed by atoms with Crippen molar-refractivity contribution in [2.24, 2.45) is 15.9 Å². The molecule has 22 nitrogen and oxygen atoms in total. The van der Waals surface area contributed by atoms with Gasteiger partial charge in [-0.05, 0) is 27.2 Å². The molecule has 2 fully saturated rings. The lowest BCUT2D eigenvalue weighted by atomic mass is 9.98. The Bertz CT molecular complexity index is 1750. The molecule has 268 valence electrons. The van der Waals surface area contributed by atoms with Crippen LogP contribution in [0.4, 0.5) is 9.93 Å². The Morgan fingerprint density at radius 2 is 1.92 bits per heavy atom. The van der Waals surface area contributed by atoms with Crippen molar-refractivity contribution in [3.63, 3.8) is 0 Å². The summed E-state index contributed by atoms with van der Waals surface area (Å²) in [6.45, 7) is 5.56. The second-order valence-electron chi connectivity index (χ2n) is 11.8. The van der Waals surface area contributed by atoms with Gasteiger partial charge in [0.15, 0.2) is 16.8 Å². The molecule has 4 rings (SSSR count). The molecule has 3 amide bonds. The summed E-state index contributed by atoms with van der Waals surface area (Å²) in [6.07, 6.45) is 1.60. The molecule has 9 N–H and O–H groups in total. The number of carboxylic acids is 1. The van der Waals surface area contributed by atoms with E-state index in [4.69, 9.17) is 21.0 Å². The van der Waals surface area contributed by atoms with Crippen molar-refractivity contribution in [2.75, 3.05) is 18.8 Å². The van der Waals surface area contributed by atoms with Crippen molar-refractivity contribution in [1.82, 2.24) is 40.2 Å². The molecule has 0 radical (unpaired) electrons. The number of carboxylic acid groups (broad SMARTS) is 1. The number of β-lactam (4-membered cyclic amide) rings is 1.